The van der Waals surface area contributed by atoms with E-state index in [0.717, 1.165) is 40.4 Å². The number of hydrogen-bond donors (Lipinski definition) is 2. The van der Waals surface area contributed by atoms with E-state index in [1.165, 1.54) is 5.56 Å². The van der Waals surface area contributed by atoms with Gasteiger partial charge in [0.15, 0.2) is 0 Å². The summed E-state index contributed by atoms with van der Waals surface area (Å²) in [6.45, 7) is 0.413. The summed E-state index contributed by atoms with van der Waals surface area (Å²) in [4.78, 5) is 0. The lowest BCUT2D eigenvalue weighted by atomic mass is 9.93. The topological polar surface area (TPSA) is 77.4 Å². The summed E-state index contributed by atoms with van der Waals surface area (Å²) in [6, 6.07) is 22.2. The van der Waals surface area contributed by atoms with E-state index in [-0.39, 0.29) is 24.9 Å². The lowest BCUT2D eigenvalue weighted by Gasteiger charge is -2.32. The van der Waals surface area contributed by atoms with Crippen molar-refractivity contribution < 1.29 is 29.2 Å². The molecule has 0 aliphatic carbocycles. The van der Waals surface area contributed by atoms with Crippen LogP contribution in [0.15, 0.2) is 66.7 Å². The fourth-order valence-corrected chi connectivity index (χ4v) is 4.92. The molecule has 2 aliphatic rings. The Labute approximate surface area is 206 Å². The lowest BCUT2D eigenvalue weighted by Crippen LogP contribution is -2.33. The Kier molecular flexibility index (Phi) is 7.23. The number of fused-ring (bicyclic) bond motifs is 1. The van der Waals surface area contributed by atoms with Gasteiger partial charge in [0.2, 0.25) is 0 Å². The van der Waals surface area contributed by atoms with Crippen LogP contribution in [-0.4, -0.2) is 48.8 Å². The third kappa shape index (κ3) is 5.61. The van der Waals surface area contributed by atoms with E-state index < -0.39 is 6.10 Å². The summed E-state index contributed by atoms with van der Waals surface area (Å²) in [7, 11) is 1.67. The zero-order valence-corrected chi connectivity index (χ0v) is 19.9. The molecule has 2 heterocycles. The molecule has 0 radical (unpaired) electrons. The monoisotopic (exact) mass is 476 g/mol. The first kappa shape index (κ1) is 23.7. The maximum absolute atomic E-state index is 10.2. The molecule has 0 aromatic heterocycles. The molecule has 3 aromatic rings. The number of para-hydroxylation sites is 1. The highest BCUT2D eigenvalue weighted by Crippen LogP contribution is 2.34. The van der Waals surface area contributed by atoms with Gasteiger partial charge in [-0.05, 0) is 52.6 Å². The maximum Gasteiger partial charge on any atom is 0.137 e. The maximum atomic E-state index is 10.2. The van der Waals surface area contributed by atoms with Gasteiger partial charge < -0.3 is 29.2 Å². The Morgan fingerprint density at radius 3 is 2.57 bits per heavy atom. The predicted molar refractivity (Wildman–Crippen MR) is 132 cm³/mol. The molecular formula is C29H32O6. The number of ether oxygens (including phenoxy) is 4. The summed E-state index contributed by atoms with van der Waals surface area (Å²) in [5.74, 6) is 2.57. The molecule has 6 heteroatoms. The summed E-state index contributed by atoms with van der Waals surface area (Å²) < 4.78 is 23.5. The smallest absolute Gasteiger partial charge is 0.137 e. The van der Waals surface area contributed by atoms with Crippen LogP contribution in [0.2, 0.25) is 0 Å². The number of methoxy groups -OCH3 is 1. The van der Waals surface area contributed by atoms with E-state index in [1.54, 1.807) is 7.11 Å². The van der Waals surface area contributed by atoms with Gasteiger partial charge in [-0.15, -0.1) is 0 Å². The number of benzene rings is 3. The van der Waals surface area contributed by atoms with Gasteiger partial charge >= 0.3 is 0 Å². The predicted octanol–water partition coefficient (Wildman–Crippen LogP) is 4.24. The molecular weight excluding hydrogens is 444 g/mol. The second kappa shape index (κ2) is 10.7. The minimum atomic E-state index is -0.479. The average Bonchev–Trinajstić information content (AvgIpc) is 3.31. The molecule has 0 spiro atoms. The minimum absolute atomic E-state index is 0.0324. The number of rotatable bonds is 8. The van der Waals surface area contributed by atoms with Crippen LogP contribution >= 0.6 is 0 Å². The van der Waals surface area contributed by atoms with E-state index in [1.807, 2.05) is 42.5 Å². The normalized spacial score (nSPS) is 23.4. The van der Waals surface area contributed by atoms with Gasteiger partial charge in [0.05, 0.1) is 32.0 Å². The van der Waals surface area contributed by atoms with Crippen LogP contribution in [0.4, 0.5) is 0 Å². The van der Waals surface area contributed by atoms with Gasteiger partial charge in [-0.25, -0.2) is 0 Å². The molecule has 184 valence electrons. The first-order chi connectivity index (χ1) is 17.1. The zero-order chi connectivity index (χ0) is 24.2. The summed E-state index contributed by atoms with van der Waals surface area (Å²) in [5, 5.41) is 19.7. The molecule has 6 nitrogen and oxygen atoms in total. The molecule has 2 aliphatic heterocycles. The summed E-state index contributed by atoms with van der Waals surface area (Å²) in [5.41, 5.74) is 4.39. The van der Waals surface area contributed by atoms with Crippen LogP contribution < -0.4 is 14.2 Å². The van der Waals surface area contributed by atoms with Crippen LogP contribution in [-0.2, 0) is 17.6 Å². The van der Waals surface area contributed by atoms with Crippen molar-refractivity contribution in [1.29, 1.82) is 0 Å². The van der Waals surface area contributed by atoms with Gasteiger partial charge in [-0.3, -0.25) is 0 Å². The summed E-state index contributed by atoms with van der Waals surface area (Å²) >= 11 is 0. The molecule has 0 bridgehead atoms. The van der Waals surface area contributed by atoms with Crippen LogP contribution in [0.25, 0.3) is 0 Å². The number of aliphatic hydroxyl groups excluding tert-OH is 2. The van der Waals surface area contributed by atoms with Crippen molar-refractivity contribution >= 4 is 0 Å². The van der Waals surface area contributed by atoms with Gasteiger partial charge in [0, 0.05) is 25.7 Å². The third-order valence-electron chi connectivity index (χ3n) is 6.73. The van der Waals surface area contributed by atoms with Crippen LogP contribution in [0, 0.1) is 0 Å². The van der Waals surface area contributed by atoms with Crippen molar-refractivity contribution in [2.75, 3.05) is 20.3 Å². The lowest BCUT2D eigenvalue weighted by molar-refractivity contribution is -0.113. The highest BCUT2D eigenvalue weighted by molar-refractivity contribution is 5.42. The van der Waals surface area contributed by atoms with Gasteiger partial charge in [-0.1, -0.05) is 36.4 Å². The number of hydrogen-bond acceptors (Lipinski definition) is 6. The Bertz CT molecular complexity index is 1100. The van der Waals surface area contributed by atoms with Crippen LogP contribution in [0.3, 0.4) is 0 Å². The molecule has 1 fully saturated rings. The van der Waals surface area contributed by atoms with Crippen LogP contribution in [0.1, 0.15) is 41.2 Å². The fraction of sp³-hybridized carbons (Fsp3) is 0.379. The first-order valence-electron chi connectivity index (χ1n) is 12.2. The third-order valence-corrected chi connectivity index (χ3v) is 6.73. The first-order valence-corrected chi connectivity index (χ1v) is 12.2. The molecule has 1 unspecified atom stereocenters. The van der Waals surface area contributed by atoms with E-state index >= 15 is 0 Å². The molecule has 0 amide bonds. The molecule has 1 saturated heterocycles. The van der Waals surface area contributed by atoms with Crippen LogP contribution in [0.5, 0.6) is 17.2 Å². The zero-order valence-electron chi connectivity index (χ0n) is 19.9. The van der Waals surface area contributed by atoms with Crippen molar-refractivity contribution in [2.24, 2.45) is 0 Å². The average molecular weight is 477 g/mol. The molecule has 0 saturated carbocycles. The second-order valence-electron chi connectivity index (χ2n) is 9.31. The van der Waals surface area contributed by atoms with Gasteiger partial charge in [0.25, 0.3) is 0 Å². The Morgan fingerprint density at radius 2 is 1.80 bits per heavy atom. The van der Waals surface area contributed by atoms with E-state index in [2.05, 4.69) is 24.3 Å². The molecule has 5 rings (SSSR count). The van der Waals surface area contributed by atoms with Gasteiger partial charge in [-0.2, -0.15) is 0 Å². The Balaban J connectivity index is 1.22. The van der Waals surface area contributed by atoms with Crippen molar-refractivity contribution in [3.8, 4) is 17.2 Å². The fourth-order valence-electron chi connectivity index (χ4n) is 4.92. The molecule has 2 N–H and O–H groups in total. The van der Waals surface area contributed by atoms with E-state index in [4.69, 9.17) is 18.9 Å². The van der Waals surface area contributed by atoms with E-state index in [9.17, 15) is 10.2 Å². The quantitative estimate of drug-likeness (QED) is 0.506. The Morgan fingerprint density at radius 1 is 0.971 bits per heavy atom. The van der Waals surface area contributed by atoms with E-state index in [0.29, 0.717) is 25.9 Å². The summed E-state index contributed by atoms with van der Waals surface area (Å²) in [6.07, 6.45) is 1.50. The molecule has 35 heavy (non-hydrogen) atoms. The van der Waals surface area contributed by atoms with Crippen molar-refractivity contribution in [3.05, 3.63) is 89.0 Å². The Hall–Kier alpha value is -3.06. The van der Waals surface area contributed by atoms with Crippen molar-refractivity contribution in [1.82, 2.24) is 0 Å². The standard InChI is InChI=1S/C29H32O6/c1-32-27-11-8-21(29-16-23(31)15-25(17-30)34-29)13-22(27)12-19-6-9-24(10-7-19)33-18-26-14-20-4-2-3-5-28(20)35-26/h2-11,13,23,25-26,29-31H,12,14-18H2,1H3/t23-,25-,26?,29+/m0/s1. The molecule has 4 atom stereocenters. The highest BCUT2D eigenvalue weighted by atomic mass is 16.5. The van der Waals surface area contributed by atoms with Crippen molar-refractivity contribution in [2.45, 2.75) is 50.1 Å². The largest absolute Gasteiger partial charge is 0.496 e. The SMILES string of the molecule is COc1ccc([C@H]2C[C@@H](O)C[C@@H](CO)O2)cc1Cc1ccc(OCC2Cc3ccccc3O2)cc1. The number of aliphatic hydroxyl groups is 2. The highest BCUT2D eigenvalue weighted by Gasteiger charge is 2.29. The molecule has 3 aromatic carbocycles. The van der Waals surface area contributed by atoms with Crippen molar-refractivity contribution in [3.63, 3.8) is 0 Å². The second-order valence-corrected chi connectivity index (χ2v) is 9.31. The minimum Gasteiger partial charge on any atom is -0.496 e. The van der Waals surface area contributed by atoms with Gasteiger partial charge in [0.1, 0.15) is 30.0 Å².